The second-order valence-corrected chi connectivity index (χ2v) is 8.87. The summed E-state index contributed by atoms with van der Waals surface area (Å²) in [7, 11) is 0. The topological polar surface area (TPSA) is 114 Å². The van der Waals surface area contributed by atoms with Crippen LogP contribution in [-0.4, -0.2) is 53.3 Å². The number of nitrogens with one attached hydrogen (secondary N) is 1. The number of carboxylic acid groups (broad SMARTS) is 1. The van der Waals surface area contributed by atoms with Crippen LogP contribution in [-0.2, 0) is 4.79 Å². The molecule has 2 aliphatic heterocycles. The third kappa shape index (κ3) is 5.22. The van der Waals surface area contributed by atoms with Crippen LogP contribution in [0, 0.1) is 17.3 Å². The number of ether oxygens (including phenoxy) is 1. The highest BCUT2D eigenvalue weighted by molar-refractivity contribution is 5.74. The van der Waals surface area contributed by atoms with Crippen LogP contribution in [0.4, 0.5) is 11.8 Å². The van der Waals surface area contributed by atoms with Gasteiger partial charge in [-0.15, -0.1) is 6.58 Å². The highest BCUT2D eigenvalue weighted by Gasteiger charge is 2.43. The first-order valence-corrected chi connectivity index (χ1v) is 10.9. The summed E-state index contributed by atoms with van der Waals surface area (Å²) in [4.78, 5) is 22.1. The van der Waals surface area contributed by atoms with Gasteiger partial charge in [0, 0.05) is 25.7 Å². The van der Waals surface area contributed by atoms with Crippen LogP contribution in [0.3, 0.4) is 0 Å². The van der Waals surface area contributed by atoms with Gasteiger partial charge in [0.2, 0.25) is 11.8 Å². The normalized spacial score (nSPS) is 22.6. The largest absolute Gasteiger partial charge is 0.480 e. The molecule has 1 spiro atoms. The fourth-order valence-electron chi connectivity index (χ4n) is 4.72. The molecule has 30 heavy (non-hydrogen) atoms. The lowest BCUT2D eigenvalue weighted by Crippen LogP contribution is -2.41. The average Bonchev–Trinajstić information content (AvgIpc) is 3.14. The molecule has 8 heteroatoms. The third-order valence-electron chi connectivity index (χ3n) is 6.81. The zero-order chi connectivity index (χ0) is 21.7. The summed E-state index contributed by atoms with van der Waals surface area (Å²) in [6, 6.07) is 1.43. The molecule has 3 atom stereocenters. The summed E-state index contributed by atoms with van der Waals surface area (Å²) in [6.45, 7) is 11.2. The molecule has 2 aliphatic rings. The summed E-state index contributed by atoms with van der Waals surface area (Å²) in [5.41, 5.74) is 6.02. The van der Waals surface area contributed by atoms with E-state index in [2.05, 4.69) is 40.6 Å². The number of hydrogen-bond donors (Lipinski definition) is 3. The Morgan fingerprint density at radius 3 is 2.83 bits per heavy atom. The van der Waals surface area contributed by atoms with E-state index in [1.165, 1.54) is 0 Å². The predicted octanol–water partition coefficient (Wildman–Crippen LogP) is 2.71. The van der Waals surface area contributed by atoms with Crippen molar-refractivity contribution in [2.75, 3.05) is 36.9 Å². The standard InChI is InChI=1S/C22H35N5O3/c1-4-6-16(5-2)15(3)13-30-19-11-18(25-21(23)26-19)27-9-7-22(8-10-27)12-17(20(28)29)24-14-22/h4,11,15-17,24H,1,5-10,12-14H2,2-3H3,(H,28,29)(H2,23,25,26)/t15?,16?,17-/m0/s1. The maximum atomic E-state index is 11.3. The Morgan fingerprint density at radius 1 is 1.50 bits per heavy atom. The van der Waals surface area contributed by atoms with Gasteiger partial charge in [-0.25, -0.2) is 0 Å². The molecular formula is C22H35N5O3. The lowest BCUT2D eigenvalue weighted by molar-refractivity contribution is -0.139. The second-order valence-electron chi connectivity index (χ2n) is 8.87. The molecule has 1 aromatic heterocycles. The lowest BCUT2D eigenvalue weighted by atomic mass is 9.76. The molecule has 3 heterocycles. The summed E-state index contributed by atoms with van der Waals surface area (Å²) < 4.78 is 5.98. The zero-order valence-corrected chi connectivity index (χ0v) is 18.1. The van der Waals surface area contributed by atoms with Gasteiger partial charge in [0.15, 0.2) is 0 Å². The summed E-state index contributed by atoms with van der Waals surface area (Å²) in [5, 5.41) is 12.4. The molecule has 0 aliphatic carbocycles. The number of piperidine rings is 1. The van der Waals surface area contributed by atoms with Crippen LogP contribution < -0.4 is 20.7 Å². The van der Waals surface area contributed by atoms with Crippen molar-refractivity contribution in [1.82, 2.24) is 15.3 Å². The van der Waals surface area contributed by atoms with Crippen molar-refractivity contribution in [3.05, 3.63) is 18.7 Å². The van der Waals surface area contributed by atoms with Gasteiger partial charge in [-0.2, -0.15) is 9.97 Å². The third-order valence-corrected chi connectivity index (χ3v) is 6.81. The highest BCUT2D eigenvalue weighted by atomic mass is 16.5. The Bertz CT molecular complexity index is 748. The number of carbonyl (C=O) groups is 1. The van der Waals surface area contributed by atoms with Crippen molar-refractivity contribution in [3.8, 4) is 5.88 Å². The number of rotatable bonds is 9. The molecular weight excluding hydrogens is 382 g/mol. The number of nitrogens with zero attached hydrogens (tertiary/aromatic N) is 3. The van der Waals surface area contributed by atoms with Crippen LogP contribution in [0.2, 0.25) is 0 Å². The van der Waals surface area contributed by atoms with Crippen LogP contribution >= 0.6 is 0 Å². The Labute approximate surface area is 178 Å². The zero-order valence-electron chi connectivity index (χ0n) is 18.1. The van der Waals surface area contributed by atoms with E-state index in [9.17, 15) is 9.90 Å². The monoisotopic (exact) mass is 417 g/mol. The molecule has 2 fully saturated rings. The summed E-state index contributed by atoms with van der Waals surface area (Å²) in [5.74, 6) is 1.66. The Morgan fingerprint density at radius 2 is 2.23 bits per heavy atom. The van der Waals surface area contributed by atoms with Gasteiger partial charge >= 0.3 is 5.97 Å². The van der Waals surface area contributed by atoms with Crippen molar-refractivity contribution < 1.29 is 14.6 Å². The average molecular weight is 418 g/mol. The molecule has 166 valence electrons. The van der Waals surface area contributed by atoms with Crippen LogP contribution in [0.5, 0.6) is 5.88 Å². The molecule has 0 aromatic carbocycles. The van der Waals surface area contributed by atoms with Crippen LogP contribution in [0.1, 0.15) is 46.0 Å². The van der Waals surface area contributed by atoms with Gasteiger partial charge in [0.05, 0.1) is 6.61 Å². The van der Waals surface area contributed by atoms with Gasteiger partial charge in [-0.1, -0.05) is 26.3 Å². The minimum atomic E-state index is -0.757. The minimum absolute atomic E-state index is 0.0627. The second kappa shape index (κ2) is 9.64. The predicted molar refractivity (Wildman–Crippen MR) is 118 cm³/mol. The number of nitrogens with two attached hydrogens (primary N) is 1. The number of carboxylic acids is 1. The Hall–Kier alpha value is -2.35. The van der Waals surface area contributed by atoms with E-state index in [1.54, 1.807) is 0 Å². The first kappa shape index (κ1) is 22.3. The van der Waals surface area contributed by atoms with Crippen molar-refractivity contribution >= 4 is 17.7 Å². The summed E-state index contributed by atoms with van der Waals surface area (Å²) >= 11 is 0. The Balaban J connectivity index is 1.59. The quantitative estimate of drug-likeness (QED) is 0.526. The van der Waals surface area contributed by atoms with E-state index in [0.29, 0.717) is 30.7 Å². The maximum absolute atomic E-state index is 11.3. The number of aromatic nitrogens is 2. The fraction of sp³-hybridized carbons (Fsp3) is 0.682. The lowest BCUT2D eigenvalue weighted by Gasteiger charge is -2.39. The van der Waals surface area contributed by atoms with E-state index in [4.69, 9.17) is 10.5 Å². The fourth-order valence-corrected chi connectivity index (χ4v) is 4.72. The molecule has 0 saturated carbocycles. The van der Waals surface area contributed by atoms with Gasteiger partial charge in [-0.05, 0) is 42.9 Å². The first-order valence-electron chi connectivity index (χ1n) is 10.9. The number of anilines is 2. The van der Waals surface area contributed by atoms with Gasteiger partial charge in [-0.3, -0.25) is 4.79 Å². The Kier molecular flexibility index (Phi) is 7.18. The van der Waals surface area contributed by atoms with Crippen molar-refractivity contribution in [2.45, 2.75) is 52.0 Å². The number of aliphatic carboxylic acids is 1. The molecule has 3 rings (SSSR count). The van der Waals surface area contributed by atoms with Crippen molar-refractivity contribution in [3.63, 3.8) is 0 Å². The highest BCUT2D eigenvalue weighted by Crippen LogP contribution is 2.40. The molecule has 0 amide bonds. The summed E-state index contributed by atoms with van der Waals surface area (Å²) in [6.07, 6.45) is 6.58. The van der Waals surface area contributed by atoms with Gasteiger partial charge in [0.1, 0.15) is 11.9 Å². The van der Waals surface area contributed by atoms with Gasteiger partial charge in [0.25, 0.3) is 0 Å². The van der Waals surface area contributed by atoms with Crippen molar-refractivity contribution in [1.29, 1.82) is 0 Å². The maximum Gasteiger partial charge on any atom is 0.320 e. The SMILES string of the molecule is C=CCC(CC)C(C)COc1cc(N2CCC3(CC2)CN[C@H](C(=O)O)C3)nc(N)n1. The van der Waals surface area contributed by atoms with Crippen LogP contribution in [0.25, 0.3) is 0 Å². The van der Waals surface area contributed by atoms with Crippen LogP contribution in [0.15, 0.2) is 18.7 Å². The molecule has 4 N–H and O–H groups in total. The van der Waals surface area contributed by atoms with E-state index >= 15 is 0 Å². The molecule has 1 aromatic rings. The van der Waals surface area contributed by atoms with E-state index < -0.39 is 12.0 Å². The molecule has 0 radical (unpaired) electrons. The van der Waals surface area contributed by atoms with E-state index in [0.717, 1.165) is 51.1 Å². The first-order chi connectivity index (χ1) is 14.4. The van der Waals surface area contributed by atoms with Crippen molar-refractivity contribution in [2.24, 2.45) is 17.3 Å². The minimum Gasteiger partial charge on any atom is -0.480 e. The molecule has 2 unspecified atom stereocenters. The van der Waals surface area contributed by atoms with Gasteiger partial charge < -0.3 is 25.8 Å². The number of hydrogen-bond acceptors (Lipinski definition) is 7. The van der Waals surface area contributed by atoms with E-state index in [1.807, 2.05) is 12.1 Å². The smallest absolute Gasteiger partial charge is 0.320 e. The molecule has 2 saturated heterocycles. The number of allylic oxidation sites excluding steroid dienone is 1. The number of nitrogen functional groups attached to an aromatic ring is 1. The molecule has 8 nitrogen and oxygen atoms in total. The molecule has 0 bridgehead atoms. The van der Waals surface area contributed by atoms with E-state index in [-0.39, 0.29) is 11.4 Å².